The van der Waals surface area contributed by atoms with Gasteiger partial charge < -0.3 is 4.90 Å². The molecule has 1 unspecified atom stereocenters. The minimum Gasteiger partial charge on any atom is -0.310 e. The monoisotopic (exact) mass is 773 g/mol. The lowest BCUT2D eigenvalue weighted by Gasteiger charge is -2.33. The molecule has 0 radical (unpaired) electrons. The predicted molar refractivity (Wildman–Crippen MR) is 253 cm³/mol. The Kier molecular flexibility index (Phi) is 7.95. The second-order valence-corrected chi connectivity index (χ2v) is 19.1. The lowest BCUT2D eigenvalue weighted by Crippen LogP contribution is -2.27. The molecule has 3 aliphatic rings. The lowest BCUT2D eigenvalue weighted by molar-refractivity contribution is 0.588. The predicted octanol–water partition coefficient (Wildman–Crippen LogP) is 15.9. The molecule has 0 fully saturated rings. The molecule has 8 aromatic carbocycles. The van der Waals surface area contributed by atoms with Crippen LogP contribution < -0.4 is 4.90 Å². The molecule has 0 N–H and O–H groups in total. The Balaban J connectivity index is 1.16. The van der Waals surface area contributed by atoms with Gasteiger partial charge in [-0.3, -0.25) is 0 Å². The molecular formula is C59H51N. The summed E-state index contributed by atoms with van der Waals surface area (Å²) < 4.78 is 0. The van der Waals surface area contributed by atoms with Gasteiger partial charge in [-0.05, 0) is 137 Å². The molecule has 0 heterocycles. The van der Waals surface area contributed by atoms with Gasteiger partial charge in [-0.25, -0.2) is 0 Å². The summed E-state index contributed by atoms with van der Waals surface area (Å²) in [6.07, 6.45) is 0. The Hall–Kier alpha value is -6.44. The van der Waals surface area contributed by atoms with E-state index in [2.05, 4.69) is 229 Å². The van der Waals surface area contributed by atoms with Crippen LogP contribution in [0.4, 0.5) is 17.1 Å². The summed E-state index contributed by atoms with van der Waals surface area (Å²) in [6, 6.07) is 67.2. The zero-order chi connectivity index (χ0) is 41.1. The van der Waals surface area contributed by atoms with Gasteiger partial charge in [-0.15, -0.1) is 0 Å². The van der Waals surface area contributed by atoms with Gasteiger partial charge in [0.1, 0.15) is 0 Å². The largest absolute Gasteiger partial charge is 0.310 e. The van der Waals surface area contributed by atoms with Crippen LogP contribution in [0.15, 0.2) is 176 Å². The van der Waals surface area contributed by atoms with E-state index < -0.39 is 5.41 Å². The van der Waals surface area contributed by atoms with Crippen LogP contribution in [0, 0.1) is 0 Å². The summed E-state index contributed by atoms with van der Waals surface area (Å²) in [7, 11) is 0. The van der Waals surface area contributed by atoms with Crippen LogP contribution in [0.25, 0.3) is 44.5 Å². The second-order valence-electron chi connectivity index (χ2n) is 19.1. The van der Waals surface area contributed by atoms with Crippen molar-refractivity contribution in [2.45, 2.75) is 70.6 Å². The van der Waals surface area contributed by atoms with Crippen molar-refractivity contribution < 1.29 is 0 Å². The standard InChI is InChI=1S/C59H51N/c1-37(2)43-16-8-9-17-44(43)38-24-27-40(28-25-38)60(41-30-33-52-50(35-41)47-20-10-13-21-51(47)58(52,6)7)42-29-32-49-46-19-12-15-23-54(46)59(56(49)36-42)53-22-14-11-18-45(53)48-31-26-39(34-55(48)59)57(3,4)5/h8-37H,1-7H3. The van der Waals surface area contributed by atoms with Gasteiger partial charge in [0.05, 0.1) is 5.41 Å². The highest BCUT2D eigenvalue weighted by atomic mass is 15.1. The minimum atomic E-state index is -0.452. The van der Waals surface area contributed by atoms with E-state index in [4.69, 9.17) is 0 Å². The van der Waals surface area contributed by atoms with Crippen LogP contribution in [-0.4, -0.2) is 0 Å². The molecule has 8 aromatic rings. The van der Waals surface area contributed by atoms with Crippen molar-refractivity contribution in [3.05, 3.63) is 220 Å². The van der Waals surface area contributed by atoms with Crippen molar-refractivity contribution in [3.8, 4) is 44.5 Å². The first-order chi connectivity index (χ1) is 29.0. The zero-order valence-electron chi connectivity index (χ0n) is 35.8. The van der Waals surface area contributed by atoms with E-state index in [0.29, 0.717) is 5.92 Å². The number of rotatable bonds is 5. The normalized spacial score (nSPS) is 16.3. The number of nitrogens with zero attached hydrogens (tertiary/aromatic N) is 1. The van der Waals surface area contributed by atoms with Crippen LogP contribution in [0.3, 0.4) is 0 Å². The third-order valence-electron chi connectivity index (χ3n) is 14.0. The minimum absolute atomic E-state index is 0.00714. The van der Waals surface area contributed by atoms with Gasteiger partial charge in [0, 0.05) is 22.5 Å². The lowest BCUT2D eigenvalue weighted by atomic mass is 9.69. The molecule has 60 heavy (non-hydrogen) atoms. The maximum Gasteiger partial charge on any atom is 0.0726 e. The SMILES string of the molecule is CC(C)c1ccccc1-c1ccc(N(c2ccc3c(c2)-c2ccccc2C3(C)C)c2ccc3c(c2)C2(c4ccccc4-3)c3ccccc3-c3ccc(C(C)(C)C)cc32)cc1. The molecule has 0 saturated carbocycles. The van der Waals surface area contributed by atoms with E-state index in [1.165, 1.54) is 89.0 Å². The van der Waals surface area contributed by atoms with Gasteiger partial charge in [0.15, 0.2) is 0 Å². The molecule has 0 saturated heterocycles. The molecule has 0 aliphatic heterocycles. The van der Waals surface area contributed by atoms with Crippen molar-refractivity contribution in [2.24, 2.45) is 0 Å². The van der Waals surface area contributed by atoms with E-state index in [-0.39, 0.29) is 10.8 Å². The molecule has 11 rings (SSSR count). The maximum atomic E-state index is 2.53. The van der Waals surface area contributed by atoms with Crippen molar-refractivity contribution in [2.75, 3.05) is 4.90 Å². The quantitative estimate of drug-likeness (QED) is 0.168. The van der Waals surface area contributed by atoms with Crippen LogP contribution >= 0.6 is 0 Å². The molecule has 1 nitrogen and oxygen atoms in total. The van der Waals surface area contributed by atoms with Crippen molar-refractivity contribution >= 4 is 17.1 Å². The first-order valence-electron chi connectivity index (χ1n) is 21.7. The first-order valence-corrected chi connectivity index (χ1v) is 21.7. The molecule has 0 bridgehead atoms. The fourth-order valence-corrected chi connectivity index (χ4v) is 11.1. The van der Waals surface area contributed by atoms with E-state index in [1.807, 2.05) is 0 Å². The van der Waals surface area contributed by atoms with Crippen molar-refractivity contribution in [1.29, 1.82) is 0 Å². The summed E-state index contributed by atoms with van der Waals surface area (Å²) in [4.78, 5) is 2.50. The smallest absolute Gasteiger partial charge is 0.0726 e. The van der Waals surface area contributed by atoms with Crippen molar-refractivity contribution in [1.82, 2.24) is 0 Å². The number of anilines is 3. The fourth-order valence-electron chi connectivity index (χ4n) is 11.1. The summed E-state index contributed by atoms with van der Waals surface area (Å²) >= 11 is 0. The van der Waals surface area contributed by atoms with Gasteiger partial charge in [0.2, 0.25) is 0 Å². The summed E-state index contributed by atoms with van der Waals surface area (Å²) in [6.45, 7) is 16.3. The van der Waals surface area contributed by atoms with Crippen LogP contribution in [0.2, 0.25) is 0 Å². The van der Waals surface area contributed by atoms with E-state index in [1.54, 1.807) is 0 Å². The molecule has 1 spiro atoms. The number of benzene rings is 8. The average molecular weight is 774 g/mol. The van der Waals surface area contributed by atoms with Gasteiger partial charge in [-0.2, -0.15) is 0 Å². The van der Waals surface area contributed by atoms with Crippen LogP contribution in [-0.2, 0) is 16.2 Å². The summed E-state index contributed by atoms with van der Waals surface area (Å²) in [5.41, 5.74) is 24.4. The Morgan fingerprint density at radius 3 is 1.50 bits per heavy atom. The molecule has 1 atom stereocenters. The molecule has 0 amide bonds. The molecule has 292 valence electrons. The molecule has 0 aromatic heterocycles. The summed E-state index contributed by atoms with van der Waals surface area (Å²) in [5, 5.41) is 0. The molecule has 3 aliphatic carbocycles. The maximum absolute atomic E-state index is 2.53. The van der Waals surface area contributed by atoms with Gasteiger partial charge in [-0.1, -0.05) is 188 Å². The number of fused-ring (bicyclic) bond motifs is 13. The number of hydrogen-bond acceptors (Lipinski definition) is 1. The summed E-state index contributed by atoms with van der Waals surface area (Å²) in [5.74, 6) is 0.434. The zero-order valence-corrected chi connectivity index (χ0v) is 35.8. The van der Waals surface area contributed by atoms with E-state index in [9.17, 15) is 0 Å². The van der Waals surface area contributed by atoms with Crippen LogP contribution in [0.1, 0.15) is 98.9 Å². The van der Waals surface area contributed by atoms with E-state index >= 15 is 0 Å². The van der Waals surface area contributed by atoms with Crippen LogP contribution in [0.5, 0.6) is 0 Å². The highest BCUT2D eigenvalue weighted by molar-refractivity contribution is 5.97. The highest BCUT2D eigenvalue weighted by Gasteiger charge is 2.52. The highest BCUT2D eigenvalue weighted by Crippen LogP contribution is 2.64. The van der Waals surface area contributed by atoms with Crippen molar-refractivity contribution in [3.63, 3.8) is 0 Å². The second kappa shape index (κ2) is 13.0. The average Bonchev–Trinajstić information content (AvgIpc) is 3.82. The Labute approximate surface area is 356 Å². The Bertz CT molecular complexity index is 3010. The Morgan fingerprint density at radius 1 is 0.400 bits per heavy atom. The van der Waals surface area contributed by atoms with Gasteiger partial charge >= 0.3 is 0 Å². The fraction of sp³-hybridized carbons (Fsp3) is 0.186. The topological polar surface area (TPSA) is 3.24 Å². The first kappa shape index (κ1) is 36.6. The van der Waals surface area contributed by atoms with E-state index in [0.717, 1.165) is 17.1 Å². The van der Waals surface area contributed by atoms with Gasteiger partial charge in [0.25, 0.3) is 0 Å². The Morgan fingerprint density at radius 2 is 0.867 bits per heavy atom. The third-order valence-corrected chi connectivity index (χ3v) is 14.0. The number of hydrogen-bond donors (Lipinski definition) is 0. The molecule has 1 heteroatoms. The molecular weight excluding hydrogens is 723 g/mol. The third kappa shape index (κ3) is 5.11.